The Hall–Kier alpha value is -2.69. The number of hydrogen-bond donors (Lipinski definition) is 0. The summed E-state index contributed by atoms with van der Waals surface area (Å²) in [4.78, 5) is 24.5. The van der Waals surface area contributed by atoms with Gasteiger partial charge in [0.25, 0.3) is 5.91 Å². The van der Waals surface area contributed by atoms with Crippen molar-refractivity contribution in [3.8, 4) is 0 Å². The van der Waals surface area contributed by atoms with Gasteiger partial charge in [-0.2, -0.15) is 0 Å². The summed E-state index contributed by atoms with van der Waals surface area (Å²) in [5, 5.41) is 4.29. The summed E-state index contributed by atoms with van der Waals surface area (Å²) in [7, 11) is 0. The summed E-state index contributed by atoms with van der Waals surface area (Å²) in [6.07, 6.45) is 5.96. The summed E-state index contributed by atoms with van der Waals surface area (Å²) in [6, 6.07) is 11.7. The van der Waals surface area contributed by atoms with Gasteiger partial charge in [0.1, 0.15) is 5.60 Å². The van der Waals surface area contributed by atoms with Gasteiger partial charge in [0.05, 0.1) is 5.71 Å². The van der Waals surface area contributed by atoms with Crippen LogP contribution in [0.25, 0.3) is 0 Å². The standard InChI is InChI=1S/C20H21N3O2/c1-15-4-6-16(7-5-15)19(24)23-11-8-20(9-12-23)13-18(22-25-20)17-3-2-10-21-14-17/h2-7,10,14H,8-9,11-13H2,1H3. The van der Waals surface area contributed by atoms with Gasteiger partial charge in [-0.15, -0.1) is 0 Å². The van der Waals surface area contributed by atoms with Gasteiger partial charge in [0.2, 0.25) is 0 Å². The molecule has 0 bridgehead atoms. The zero-order chi connectivity index (χ0) is 17.3. The number of nitrogens with zero attached hydrogens (tertiary/aromatic N) is 3. The maximum atomic E-state index is 12.6. The van der Waals surface area contributed by atoms with E-state index in [0.717, 1.165) is 41.7 Å². The lowest BCUT2D eigenvalue weighted by Crippen LogP contribution is -2.46. The number of amides is 1. The zero-order valence-corrected chi connectivity index (χ0v) is 14.3. The summed E-state index contributed by atoms with van der Waals surface area (Å²) >= 11 is 0. The number of hydrogen-bond acceptors (Lipinski definition) is 4. The molecule has 0 aliphatic carbocycles. The fourth-order valence-electron chi connectivity index (χ4n) is 3.47. The fourth-order valence-corrected chi connectivity index (χ4v) is 3.47. The Labute approximate surface area is 147 Å². The van der Waals surface area contributed by atoms with Crippen LogP contribution in [0.3, 0.4) is 0 Å². The van der Waals surface area contributed by atoms with Gasteiger partial charge in [0, 0.05) is 55.9 Å². The van der Waals surface area contributed by atoms with Crippen LogP contribution in [0.1, 0.15) is 40.7 Å². The SMILES string of the molecule is Cc1ccc(C(=O)N2CCC3(CC2)CC(c2cccnc2)=NO3)cc1. The van der Waals surface area contributed by atoms with Crippen LogP contribution in [0.2, 0.25) is 0 Å². The highest BCUT2D eigenvalue weighted by Gasteiger charge is 2.43. The highest BCUT2D eigenvalue weighted by molar-refractivity contribution is 6.01. The van der Waals surface area contributed by atoms with E-state index in [-0.39, 0.29) is 11.5 Å². The van der Waals surface area contributed by atoms with Crippen molar-refractivity contribution in [3.63, 3.8) is 0 Å². The number of piperidine rings is 1. The van der Waals surface area contributed by atoms with Gasteiger partial charge >= 0.3 is 0 Å². The molecule has 1 aromatic heterocycles. The van der Waals surface area contributed by atoms with Crippen molar-refractivity contribution in [3.05, 3.63) is 65.5 Å². The van der Waals surface area contributed by atoms with Crippen molar-refractivity contribution < 1.29 is 9.63 Å². The van der Waals surface area contributed by atoms with E-state index in [0.29, 0.717) is 13.1 Å². The van der Waals surface area contributed by atoms with Gasteiger partial charge in [-0.25, -0.2) is 0 Å². The first kappa shape index (κ1) is 15.8. The molecule has 1 spiro atoms. The number of benzene rings is 1. The van der Waals surface area contributed by atoms with Crippen molar-refractivity contribution in [2.45, 2.75) is 31.8 Å². The lowest BCUT2D eigenvalue weighted by Gasteiger charge is -2.37. The smallest absolute Gasteiger partial charge is 0.253 e. The van der Waals surface area contributed by atoms with E-state index in [1.807, 2.05) is 54.4 Å². The molecule has 2 aromatic rings. The number of carbonyl (C=O) groups is 1. The Morgan fingerprint density at radius 3 is 2.60 bits per heavy atom. The number of rotatable bonds is 2. The number of oxime groups is 1. The molecule has 25 heavy (non-hydrogen) atoms. The van der Waals surface area contributed by atoms with Crippen molar-refractivity contribution in [1.82, 2.24) is 9.88 Å². The molecule has 128 valence electrons. The molecule has 5 heteroatoms. The molecule has 2 aliphatic heterocycles. The second-order valence-electron chi connectivity index (χ2n) is 6.89. The minimum absolute atomic E-state index is 0.0984. The molecule has 0 N–H and O–H groups in total. The summed E-state index contributed by atoms with van der Waals surface area (Å²) in [6.45, 7) is 3.42. The van der Waals surface area contributed by atoms with Gasteiger partial charge in [-0.1, -0.05) is 22.9 Å². The first-order valence-electron chi connectivity index (χ1n) is 8.67. The van der Waals surface area contributed by atoms with Gasteiger partial charge in [-0.3, -0.25) is 9.78 Å². The number of likely N-dealkylation sites (tertiary alicyclic amines) is 1. The third kappa shape index (κ3) is 3.14. The van der Waals surface area contributed by atoms with Gasteiger partial charge in [-0.05, 0) is 31.2 Å². The molecule has 1 saturated heterocycles. The number of aryl methyl sites for hydroxylation is 1. The molecule has 1 amide bonds. The summed E-state index contributed by atoms with van der Waals surface area (Å²) < 4.78 is 0. The largest absolute Gasteiger partial charge is 0.388 e. The highest BCUT2D eigenvalue weighted by Crippen LogP contribution is 2.36. The van der Waals surface area contributed by atoms with Crippen molar-refractivity contribution in [2.24, 2.45) is 5.16 Å². The zero-order valence-electron chi connectivity index (χ0n) is 14.3. The van der Waals surface area contributed by atoms with Crippen LogP contribution in [0.4, 0.5) is 0 Å². The lowest BCUT2D eigenvalue weighted by atomic mass is 9.85. The van der Waals surface area contributed by atoms with E-state index in [1.54, 1.807) is 6.20 Å². The van der Waals surface area contributed by atoms with Crippen molar-refractivity contribution in [2.75, 3.05) is 13.1 Å². The monoisotopic (exact) mass is 335 g/mol. The molecule has 0 saturated carbocycles. The number of aromatic nitrogens is 1. The molecule has 4 rings (SSSR count). The predicted octanol–water partition coefficient (Wildman–Crippen LogP) is 3.19. The molecular weight excluding hydrogens is 314 g/mol. The maximum Gasteiger partial charge on any atom is 0.253 e. The van der Waals surface area contributed by atoms with Crippen LogP contribution < -0.4 is 0 Å². The molecule has 3 heterocycles. The minimum atomic E-state index is -0.269. The summed E-state index contributed by atoms with van der Waals surface area (Å²) in [5.41, 5.74) is 3.61. The molecular formula is C20H21N3O2. The van der Waals surface area contributed by atoms with Gasteiger partial charge < -0.3 is 9.74 Å². The summed E-state index contributed by atoms with van der Waals surface area (Å²) in [5.74, 6) is 0.0984. The van der Waals surface area contributed by atoms with Gasteiger partial charge in [0.15, 0.2) is 0 Å². The van der Waals surface area contributed by atoms with E-state index >= 15 is 0 Å². The molecule has 1 aromatic carbocycles. The Morgan fingerprint density at radius 2 is 1.92 bits per heavy atom. The topological polar surface area (TPSA) is 54.8 Å². The normalized spacial score (nSPS) is 18.8. The number of carbonyl (C=O) groups excluding carboxylic acids is 1. The third-order valence-corrected chi connectivity index (χ3v) is 5.09. The van der Waals surface area contributed by atoms with Crippen LogP contribution >= 0.6 is 0 Å². The van der Waals surface area contributed by atoms with E-state index in [2.05, 4.69) is 10.1 Å². The average molecular weight is 335 g/mol. The number of pyridine rings is 1. The molecule has 2 aliphatic rings. The van der Waals surface area contributed by atoms with E-state index in [1.165, 1.54) is 0 Å². The predicted molar refractivity (Wildman–Crippen MR) is 95.5 cm³/mol. The fraction of sp³-hybridized carbons (Fsp3) is 0.350. The van der Waals surface area contributed by atoms with Crippen LogP contribution in [0.15, 0.2) is 53.9 Å². The molecule has 0 unspecified atom stereocenters. The molecule has 0 radical (unpaired) electrons. The molecule has 1 fully saturated rings. The maximum absolute atomic E-state index is 12.6. The Morgan fingerprint density at radius 1 is 1.16 bits per heavy atom. The Bertz CT molecular complexity index is 791. The first-order valence-corrected chi connectivity index (χ1v) is 8.67. The van der Waals surface area contributed by atoms with Crippen LogP contribution in [0, 0.1) is 6.92 Å². The highest BCUT2D eigenvalue weighted by atomic mass is 16.7. The van der Waals surface area contributed by atoms with Crippen molar-refractivity contribution >= 4 is 11.6 Å². The quantitative estimate of drug-likeness (QED) is 0.847. The Balaban J connectivity index is 1.39. The molecule has 5 nitrogen and oxygen atoms in total. The lowest BCUT2D eigenvalue weighted by molar-refractivity contribution is -0.0568. The van der Waals surface area contributed by atoms with Crippen LogP contribution in [-0.4, -0.2) is 40.2 Å². The molecule has 0 atom stereocenters. The second-order valence-corrected chi connectivity index (χ2v) is 6.89. The third-order valence-electron chi connectivity index (χ3n) is 5.09. The van der Waals surface area contributed by atoms with E-state index in [9.17, 15) is 4.79 Å². The van der Waals surface area contributed by atoms with Crippen LogP contribution in [0.5, 0.6) is 0 Å². The second kappa shape index (κ2) is 6.31. The minimum Gasteiger partial charge on any atom is -0.388 e. The van der Waals surface area contributed by atoms with E-state index < -0.39 is 0 Å². The van der Waals surface area contributed by atoms with E-state index in [4.69, 9.17) is 4.84 Å². The van der Waals surface area contributed by atoms with Crippen LogP contribution in [-0.2, 0) is 4.84 Å². The first-order chi connectivity index (χ1) is 12.2. The van der Waals surface area contributed by atoms with Crippen molar-refractivity contribution in [1.29, 1.82) is 0 Å². The Kier molecular flexibility index (Phi) is 3.99. The average Bonchev–Trinajstić information content (AvgIpc) is 3.07.